The second-order valence-corrected chi connectivity index (χ2v) is 5.97. The number of carbonyl (C=O) groups excluding carboxylic acids is 1. The van der Waals surface area contributed by atoms with Gasteiger partial charge < -0.3 is 10.6 Å². The molecule has 1 heterocycles. The van der Waals surface area contributed by atoms with Gasteiger partial charge in [0.2, 0.25) is 0 Å². The van der Waals surface area contributed by atoms with E-state index < -0.39 is 23.6 Å². The molecular formula is C19H15F4N3O. The third kappa shape index (κ3) is 4.33. The molecule has 27 heavy (non-hydrogen) atoms. The van der Waals surface area contributed by atoms with E-state index in [0.717, 1.165) is 28.6 Å². The lowest BCUT2D eigenvalue weighted by molar-refractivity contribution is -0.140. The molecule has 8 heteroatoms. The summed E-state index contributed by atoms with van der Waals surface area (Å²) in [6, 6.07) is 9.16. The number of urea groups is 1. The lowest BCUT2D eigenvalue weighted by Crippen LogP contribution is -2.28. The number of amides is 2. The van der Waals surface area contributed by atoms with Crippen molar-refractivity contribution in [2.24, 2.45) is 0 Å². The van der Waals surface area contributed by atoms with Crippen molar-refractivity contribution < 1.29 is 22.4 Å². The van der Waals surface area contributed by atoms with E-state index in [0.29, 0.717) is 11.8 Å². The van der Waals surface area contributed by atoms with Crippen LogP contribution in [-0.2, 0) is 12.7 Å². The van der Waals surface area contributed by atoms with E-state index in [1.54, 1.807) is 18.3 Å². The first-order chi connectivity index (χ1) is 12.7. The third-order valence-corrected chi connectivity index (χ3v) is 3.94. The van der Waals surface area contributed by atoms with Crippen LogP contribution in [0.3, 0.4) is 0 Å². The molecule has 1 aromatic heterocycles. The van der Waals surface area contributed by atoms with Gasteiger partial charge in [-0.1, -0.05) is 18.2 Å². The van der Waals surface area contributed by atoms with Crippen LogP contribution in [0.25, 0.3) is 10.8 Å². The average Bonchev–Trinajstić information content (AvgIpc) is 2.59. The van der Waals surface area contributed by atoms with Gasteiger partial charge in [0, 0.05) is 29.2 Å². The summed E-state index contributed by atoms with van der Waals surface area (Å²) in [6.07, 6.45) is -3.06. The van der Waals surface area contributed by atoms with Crippen LogP contribution in [0, 0.1) is 12.7 Å². The van der Waals surface area contributed by atoms with E-state index in [1.807, 2.05) is 19.1 Å². The van der Waals surface area contributed by atoms with Crippen LogP contribution < -0.4 is 10.6 Å². The van der Waals surface area contributed by atoms with Crippen LogP contribution in [0.4, 0.5) is 28.0 Å². The van der Waals surface area contributed by atoms with Crippen LogP contribution in [-0.4, -0.2) is 11.0 Å². The third-order valence-electron chi connectivity index (χ3n) is 3.94. The van der Waals surface area contributed by atoms with E-state index in [1.165, 1.54) is 0 Å². The monoisotopic (exact) mass is 377 g/mol. The van der Waals surface area contributed by atoms with Crippen molar-refractivity contribution >= 4 is 22.5 Å². The Morgan fingerprint density at radius 1 is 1.15 bits per heavy atom. The molecule has 3 aromatic rings. The van der Waals surface area contributed by atoms with E-state index in [2.05, 4.69) is 15.6 Å². The van der Waals surface area contributed by atoms with E-state index in [-0.39, 0.29) is 12.1 Å². The minimum atomic E-state index is -4.76. The first kappa shape index (κ1) is 18.6. The zero-order valence-corrected chi connectivity index (χ0v) is 14.2. The van der Waals surface area contributed by atoms with Crippen LogP contribution in [0.1, 0.15) is 16.8 Å². The summed E-state index contributed by atoms with van der Waals surface area (Å²) >= 11 is 0. The van der Waals surface area contributed by atoms with Crippen LogP contribution in [0.5, 0.6) is 0 Å². The van der Waals surface area contributed by atoms with Crippen molar-refractivity contribution in [3.63, 3.8) is 0 Å². The van der Waals surface area contributed by atoms with Gasteiger partial charge in [0.05, 0.1) is 11.3 Å². The summed E-state index contributed by atoms with van der Waals surface area (Å²) in [5.41, 5.74) is 0.232. The molecule has 0 saturated carbocycles. The molecule has 2 N–H and O–H groups in total. The van der Waals surface area contributed by atoms with Crippen LogP contribution >= 0.6 is 0 Å². The number of rotatable bonds is 3. The molecule has 2 amide bonds. The number of nitrogens with one attached hydrogen (secondary N) is 2. The SMILES string of the molecule is Cc1cc2c(NC(=O)NCc3ccc(C(F)(F)F)c(F)c3)cccc2cn1. The predicted molar refractivity (Wildman–Crippen MR) is 93.7 cm³/mol. The van der Waals surface area contributed by atoms with Crippen molar-refractivity contribution in [1.82, 2.24) is 10.3 Å². The van der Waals surface area contributed by atoms with Crippen molar-refractivity contribution in [3.05, 3.63) is 71.3 Å². The van der Waals surface area contributed by atoms with E-state index >= 15 is 0 Å². The molecule has 0 saturated heterocycles. The summed E-state index contributed by atoms with van der Waals surface area (Å²) < 4.78 is 51.3. The summed E-state index contributed by atoms with van der Waals surface area (Å²) in [6.45, 7) is 1.71. The molecule has 0 bridgehead atoms. The molecule has 140 valence electrons. The van der Waals surface area contributed by atoms with Crippen molar-refractivity contribution in [2.75, 3.05) is 5.32 Å². The Labute approximate surface area is 152 Å². The van der Waals surface area contributed by atoms with Crippen LogP contribution in [0.15, 0.2) is 48.7 Å². The number of aryl methyl sites for hydroxylation is 1. The molecule has 0 aliphatic rings. The second kappa shape index (κ2) is 7.22. The molecule has 0 atom stereocenters. The Kier molecular flexibility index (Phi) is 4.98. The maximum atomic E-state index is 13.6. The summed E-state index contributed by atoms with van der Waals surface area (Å²) in [4.78, 5) is 16.3. The van der Waals surface area contributed by atoms with Crippen molar-refractivity contribution in [3.8, 4) is 0 Å². The summed E-state index contributed by atoms with van der Waals surface area (Å²) in [5, 5.41) is 6.84. The molecule has 0 fully saturated rings. The lowest BCUT2D eigenvalue weighted by Gasteiger charge is -2.12. The van der Waals surface area contributed by atoms with E-state index in [4.69, 9.17) is 0 Å². The largest absolute Gasteiger partial charge is 0.419 e. The number of fused-ring (bicyclic) bond motifs is 1. The van der Waals surface area contributed by atoms with Gasteiger partial charge in [-0.05, 0) is 36.8 Å². The fraction of sp³-hybridized carbons (Fsp3) is 0.158. The number of alkyl halides is 3. The highest BCUT2D eigenvalue weighted by Gasteiger charge is 2.33. The minimum Gasteiger partial charge on any atom is -0.334 e. The fourth-order valence-electron chi connectivity index (χ4n) is 2.63. The Morgan fingerprint density at radius 2 is 1.93 bits per heavy atom. The van der Waals surface area contributed by atoms with E-state index in [9.17, 15) is 22.4 Å². The fourth-order valence-corrected chi connectivity index (χ4v) is 2.63. The van der Waals surface area contributed by atoms with Crippen molar-refractivity contribution in [1.29, 1.82) is 0 Å². The Hall–Kier alpha value is -3.16. The zero-order chi connectivity index (χ0) is 19.6. The molecule has 0 unspecified atom stereocenters. The zero-order valence-electron chi connectivity index (χ0n) is 14.2. The number of nitrogens with zero attached hydrogens (tertiary/aromatic N) is 1. The molecule has 0 aliphatic carbocycles. The molecule has 0 aliphatic heterocycles. The normalized spacial score (nSPS) is 11.4. The van der Waals surface area contributed by atoms with Gasteiger partial charge in [0.15, 0.2) is 0 Å². The second-order valence-electron chi connectivity index (χ2n) is 5.97. The Bertz CT molecular complexity index is 1000. The Balaban J connectivity index is 1.69. The standard InChI is InChI=1S/C19H15F4N3O/c1-11-7-14-13(10-24-11)3-2-4-17(14)26-18(27)25-9-12-5-6-15(16(20)8-12)19(21,22)23/h2-8,10H,9H2,1H3,(H2,25,26,27). The van der Waals surface area contributed by atoms with Crippen LogP contribution in [0.2, 0.25) is 0 Å². The van der Waals surface area contributed by atoms with Crippen molar-refractivity contribution in [2.45, 2.75) is 19.6 Å². The maximum Gasteiger partial charge on any atom is 0.419 e. The number of carbonyl (C=O) groups is 1. The van der Waals surface area contributed by atoms with Gasteiger partial charge in [-0.3, -0.25) is 4.98 Å². The number of hydrogen-bond acceptors (Lipinski definition) is 2. The number of benzene rings is 2. The summed E-state index contributed by atoms with van der Waals surface area (Å²) in [7, 11) is 0. The van der Waals surface area contributed by atoms with Gasteiger partial charge >= 0.3 is 12.2 Å². The van der Waals surface area contributed by atoms with Gasteiger partial charge in [0.25, 0.3) is 0 Å². The highest BCUT2D eigenvalue weighted by atomic mass is 19.4. The number of anilines is 1. The molecule has 0 radical (unpaired) electrons. The number of aromatic nitrogens is 1. The van der Waals surface area contributed by atoms with Gasteiger partial charge in [-0.2, -0.15) is 13.2 Å². The number of pyridine rings is 1. The van der Waals surface area contributed by atoms with Gasteiger partial charge in [-0.15, -0.1) is 0 Å². The average molecular weight is 377 g/mol. The smallest absolute Gasteiger partial charge is 0.334 e. The maximum absolute atomic E-state index is 13.6. The predicted octanol–water partition coefficient (Wildman–Crippen LogP) is 5.02. The van der Waals surface area contributed by atoms with Gasteiger partial charge in [-0.25, -0.2) is 9.18 Å². The van der Waals surface area contributed by atoms with Gasteiger partial charge in [0.1, 0.15) is 5.82 Å². The molecule has 2 aromatic carbocycles. The highest BCUT2D eigenvalue weighted by Crippen LogP contribution is 2.31. The molecule has 4 nitrogen and oxygen atoms in total. The first-order valence-corrected chi connectivity index (χ1v) is 8.00. The highest BCUT2D eigenvalue weighted by molar-refractivity contribution is 6.01. The molecule has 3 rings (SSSR count). The quantitative estimate of drug-likeness (QED) is 0.630. The number of hydrogen-bond donors (Lipinski definition) is 2. The molecular weight excluding hydrogens is 362 g/mol. The lowest BCUT2D eigenvalue weighted by atomic mass is 10.1. The Morgan fingerprint density at radius 3 is 2.63 bits per heavy atom. The number of halogens is 4. The summed E-state index contributed by atoms with van der Waals surface area (Å²) in [5.74, 6) is -1.38. The molecule has 0 spiro atoms. The minimum absolute atomic E-state index is 0.119. The topological polar surface area (TPSA) is 54.0 Å². The first-order valence-electron chi connectivity index (χ1n) is 8.00.